The van der Waals surface area contributed by atoms with Gasteiger partial charge in [-0.25, -0.2) is 0 Å². The molecule has 86 valence electrons. The van der Waals surface area contributed by atoms with Crippen LogP contribution in [-0.4, -0.2) is 15.8 Å². The average molecular weight is 238 g/mol. The van der Waals surface area contributed by atoms with Crippen LogP contribution in [0.25, 0.3) is 10.9 Å². The molecule has 1 N–H and O–H groups in total. The van der Waals surface area contributed by atoms with Gasteiger partial charge in [-0.2, -0.15) is 0 Å². The lowest BCUT2D eigenvalue weighted by Crippen LogP contribution is -2.03. The maximum atomic E-state index is 9.47. The number of aliphatic hydroxyl groups is 1. The first-order valence-electron chi connectivity index (χ1n) is 5.57. The smallest absolute Gasteiger partial charge is 0.0553 e. The van der Waals surface area contributed by atoms with Crippen LogP contribution in [0.5, 0.6) is 0 Å². The van der Waals surface area contributed by atoms with E-state index in [-0.39, 0.29) is 6.10 Å². The quantitative estimate of drug-likeness (QED) is 0.871. The standard InChI is InChI=1S/C13H16ClNO/c1-3-15-8-10(6-9(2)16)12-5-4-11(14)7-13(12)15/h4-5,7-9,16H,3,6H2,1-2H3. The molecule has 16 heavy (non-hydrogen) atoms. The number of fused-ring (bicyclic) bond motifs is 1. The van der Waals surface area contributed by atoms with Gasteiger partial charge in [0.05, 0.1) is 6.10 Å². The Morgan fingerprint density at radius 3 is 2.81 bits per heavy atom. The van der Waals surface area contributed by atoms with Gasteiger partial charge in [0, 0.05) is 35.1 Å². The minimum absolute atomic E-state index is 0.313. The van der Waals surface area contributed by atoms with Crippen molar-refractivity contribution in [3.63, 3.8) is 0 Å². The predicted octanol–water partition coefficient (Wildman–Crippen LogP) is 3.24. The van der Waals surface area contributed by atoms with Gasteiger partial charge in [0.15, 0.2) is 0 Å². The second-order valence-corrected chi connectivity index (χ2v) is 4.59. The molecule has 0 aliphatic heterocycles. The van der Waals surface area contributed by atoms with Crippen LogP contribution < -0.4 is 0 Å². The molecule has 1 aromatic carbocycles. The topological polar surface area (TPSA) is 25.2 Å². The third-order valence-electron chi connectivity index (χ3n) is 2.78. The summed E-state index contributed by atoms with van der Waals surface area (Å²) in [5.41, 5.74) is 2.33. The summed E-state index contributed by atoms with van der Waals surface area (Å²) in [5.74, 6) is 0. The molecule has 0 aliphatic carbocycles. The van der Waals surface area contributed by atoms with Gasteiger partial charge < -0.3 is 9.67 Å². The summed E-state index contributed by atoms with van der Waals surface area (Å²) >= 11 is 6.00. The maximum absolute atomic E-state index is 9.47. The highest BCUT2D eigenvalue weighted by Crippen LogP contribution is 2.25. The second kappa shape index (κ2) is 4.48. The largest absolute Gasteiger partial charge is 0.393 e. The van der Waals surface area contributed by atoms with E-state index in [1.165, 1.54) is 10.9 Å². The first-order chi connectivity index (χ1) is 7.61. The van der Waals surface area contributed by atoms with Crippen LogP contribution in [0.4, 0.5) is 0 Å². The SMILES string of the molecule is CCn1cc(CC(C)O)c2ccc(Cl)cc21. The minimum atomic E-state index is -0.313. The van der Waals surface area contributed by atoms with Gasteiger partial charge >= 0.3 is 0 Å². The van der Waals surface area contributed by atoms with E-state index in [4.69, 9.17) is 11.6 Å². The Labute approximate surface area is 100 Å². The number of halogens is 1. The highest BCUT2D eigenvalue weighted by Gasteiger charge is 2.09. The van der Waals surface area contributed by atoms with Crippen molar-refractivity contribution >= 4 is 22.5 Å². The highest BCUT2D eigenvalue weighted by atomic mass is 35.5. The lowest BCUT2D eigenvalue weighted by molar-refractivity contribution is 0.196. The number of aryl methyl sites for hydroxylation is 1. The van der Waals surface area contributed by atoms with Crippen molar-refractivity contribution in [3.05, 3.63) is 35.0 Å². The van der Waals surface area contributed by atoms with Crippen LogP contribution in [0.1, 0.15) is 19.4 Å². The zero-order valence-electron chi connectivity index (χ0n) is 9.57. The number of benzene rings is 1. The summed E-state index contributed by atoms with van der Waals surface area (Å²) in [5, 5.41) is 11.4. The van der Waals surface area contributed by atoms with Gasteiger partial charge in [-0.3, -0.25) is 0 Å². The van der Waals surface area contributed by atoms with E-state index in [2.05, 4.69) is 17.7 Å². The summed E-state index contributed by atoms with van der Waals surface area (Å²) in [7, 11) is 0. The lowest BCUT2D eigenvalue weighted by Gasteiger charge is -2.01. The molecule has 2 rings (SSSR count). The lowest BCUT2D eigenvalue weighted by atomic mass is 10.1. The van der Waals surface area contributed by atoms with Crippen LogP contribution in [0, 0.1) is 0 Å². The Bertz CT molecular complexity index is 502. The van der Waals surface area contributed by atoms with Gasteiger partial charge in [-0.1, -0.05) is 17.7 Å². The van der Waals surface area contributed by atoms with E-state index in [1.807, 2.05) is 25.1 Å². The molecule has 0 bridgehead atoms. The molecule has 1 heterocycles. The van der Waals surface area contributed by atoms with Crippen LogP contribution in [-0.2, 0) is 13.0 Å². The van der Waals surface area contributed by atoms with Crippen molar-refractivity contribution in [2.24, 2.45) is 0 Å². The van der Waals surface area contributed by atoms with Crippen LogP contribution in [0.2, 0.25) is 5.02 Å². The monoisotopic (exact) mass is 237 g/mol. The number of aliphatic hydroxyl groups excluding tert-OH is 1. The average Bonchev–Trinajstić information content (AvgIpc) is 2.55. The molecule has 1 atom stereocenters. The van der Waals surface area contributed by atoms with Crippen molar-refractivity contribution in [1.82, 2.24) is 4.57 Å². The first kappa shape index (κ1) is 11.5. The van der Waals surface area contributed by atoms with Gasteiger partial charge in [0.25, 0.3) is 0 Å². The molecule has 0 saturated heterocycles. The Balaban J connectivity index is 2.58. The Morgan fingerprint density at radius 1 is 1.44 bits per heavy atom. The van der Waals surface area contributed by atoms with Crippen molar-refractivity contribution < 1.29 is 5.11 Å². The number of hydrogen-bond acceptors (Lipinski definition) is 1. The van der Waals surface area contributed by atoms with E-state index in [1.54, 1.807) is 0 Å². The summed E-state index contributed by atoms with van der Waals surface area (Å²) in [6.07, 6.45) is 2.48. The van der Waals surface area contributed by atoms with Crippen molar-refractivity contribution in [1.29, 1.82) is 0 Å². The Hall–Kier alpha value is -0.990. The fourth-order valence-corrected chi connectivity index (χ4v) is 2.25. The minimum Gasteiger partial charge on any atom is -0.393 e. The van der Waals surface area contributed by atoms with Crippen molar-refractivity contribution in [2.75, 3.05) is 0 Å². The molecular formula is C13H16ClNO. The molecule has 2 nitrogen and oxygen atoms in total. The van der Waals surface area contributed by atoms with Crippen LogP contribution >= 0.6 is 11.6 Å². The van der Waals surface area contributed by atoms with E-state index >= 15 is 0 Å². The first-order valence-corrected chi connectivity index (χ1v) is 5.95. The summed E-state index contributed by atoms with van der Waals surface area (Å²) in [6, 6.07) is 5.91. The van der Waals surface area contributed by atoms with Gasteiger partial charge in [-0.05, 0) is 31.5 Å². The Kier molecular flexibility index (Phi) is 3.22. The summed E-state index contributed by atoms with van der Waals surface area (Å²) in [4.78, 5) is 0. The van der Waals surface area contributed by atoms with Crippen LogP contribution in [0.15, 0.2) is 24.4 Å². The normalized spacial score (nSPS) is 13.2. The zero-order chi connectivity index (χ0) is 11.7. The number of nitrogens with zero attached hydrogens (tertiary/aromatic N) is 1. The van der Waals surface area contributed by atoms with E-state index < -0.39 is 0 Å². The molecule has 0 fully saturated rings. The molecule has 2 aromatic rings. The second-order valence-electron chi connectivity index (χ2n) is 4.15. The van der Waals surface area contributed by atoms with E-state index in [0.29, 0.717) is 6.42 Å². The molecule has 1 unspecified atom stereocenters. The van der Waals surface area contributed by atoms with Crippen molar-refractivity contribution in [3.8, 4) is 0 Å². The summed E-state index contributed by atoms with van der Waals surface area (Å²) < 4.78 is 2.17. The molecule has 3 heteroatoms. The van der Waals surface area contributed by atoms with Gasteiger partial charge in [0.1, 0.15) is 0 Å². The number of rotatable bonds is 3. The molecule has 0 aliphatic rings. The molecule has 0 spiro atoms. The van der Waals surface area contributed by atoms with Crippen LogP contribution in [0.3, 0.4) is 0 Å². The fourth-order valence-electron chi connectivity index (χ4n) is 2.08. The highest BCUT2D eigenvalue weighted by molar-refractivity contribution is 6.31. The maximum Gasteiger partial charge on any atom is 0.0553 e. The molecule has 1 aromatic heterocycles. The van der Waals surface area contributed by atoms with Crippen molar-refractivity contribution in [2.45, 2.75) is 32.9 Å². The van der Waals surface area contributed by atoms with Gasteiger partial charge in [0.2, 0.25) is 0 Å². The summed E-state index contributed by atoms with van der Waals surface area (Å²) in [6.45, 7) is 4.83. The molecule has 0 saturated carbocycles. The molecule has 0 amide bonds. The van der Waals surface area contributed by atoms with Gasteiger partial charge in [-0.15, -0.1) is 0 Å². The number of hydrogen-bond donors (Lipinski definition) is 1. The third-order valence-corrected chi connectivity index (χ3v) is 3.02. The number of aromatic nitrogens is 1. The third kappa shape index (κ3) is 2.08. The predicted molar refractivity (Wildman–Crippen MR) is 68.0 cm³/mol. The molecular weight excluding hydrogens is 222 g/mol. The Morgan fingerprint density at radius 2 is 2.19 bits per heavy atom. The molecule has 0 radical (unpaired) electrons. The zero-order valence-corrected chi connectivity index (χ0v) is 10.3. The van der Waals surface area contributed by atoms with E-state index in [0.717, 1.165) is 17.1 Å². The fraction of sp³-hybridized carbons (Fsp3) is 0.385. The van der Waals surface area contributed by atoms with E-state index in [9.17, 15) is 5.11 Å².